The summed E-state index contributed by atoms with van der Waals surface area (Å²) in [5.74, 6) is 0. The van der Waals surface area contributed by atoms with Crippen molar-refractivity contribution in [1.29, 1.82) is 0 Å². The number of benzene rings is 2. The lowest BCUT2D eigenvalue weighted by molar-refractivity contribution is -0.386. The second-order valence-electron chi connectivity index (χ2n) is 7.96. The highest BCUT2D eigenvalue weighted by Gasteiger charge is 2.34. The zero-order valence-corrected chi connectivity index (χ0v) is 17.7. The Labute approximate surface area is 181 Å². The molecule has 31 heavy (non-hydrogen) atoms. The molecule has 8 nitrogen and oxygen atoms in total. The second kappa shape index (κ2) is 9.89. The topological polar surface area (TPSA) is 113 Å². The van der Waals surface area contributed by atoms with Gasteiger partial charge < -0.3 is 19.8 Å². The number of hydrogen-bond acceptors (Lipinski definition) is 6. The Morgan fingerprint density at radius 3 is 2.26 bits per heavy atom. The average molecular weight is 428 g/mol. The number of piperidine rings is 1. The molecule has 1 aliphatic heterocycles. The number of rotatable bonds is 6. The monoisotopic (exact) mass is 428 g/mol. The van der Waals surface area contributed by atoms with Gasteiger partial charge in [0, 0.05) is 18.2 Å². The van der Waals surface area contributed by atoms with Gasteiger partial charge in [-0.15, -0.1) is 0 Å². The summed E-state index contributed by atoms with van der Waals surface area (Å²) in [4.78, 5) is 26.1. The summed E-state index contributed by atoms with van der Waals surface area (Å²) in [6, 6.07) is 11.5. The molecule has 2 aromatic carbocycles. The average Bonchev–Trinajstić information content (AvgIpc) is 2.77. The zero-order chi connectivity index (χ0) is 22.5. The Bertz CT molecular complexity index is 923. The molecule has 166 valence electrons. The molecule has 0 saturated carbocycles. The number of aliphatic hydroxyl groups excluding tert-OH is 2. The third kappa shape index (κ3) is 4.86. The smallest absolute Gasteiger partial charge is 0.411 e. The fourth-order valence-electron chi connectivity index (χ4n) is 4.24. The third-order valence-electron chi connectivity index (χ3n) is 5.89. The number of ether oxygens (including phenoxy) is 1. The Kier molecular flexibility index (Phi) is 7.25. The quantitative estimate of drug-likeness (QED) is 0.530. The van der Waals surface area contributed by atoms with Gasteiger partial charge in [0.15, 0.2) is 6.10 Å². The van der Waals surface area contributed by atoms with Crippen LogP contribution in [-0.2, 0) is 18.0 Å². The zero-order valence-electron chi connectivity index (χ0n) is 17.7. The largest absolute Gasteiger partial charge is 0.436 e. The van der Waals surface area contributed by atoms with Crippen LogP contribution < -0.4 is 0 Å². The molecular formula is C23H28N2O6. The minimum Gasteiger partial charge on any atom is -0.436 e. The molecule has 1 saturated heterocycles. The van der Waals surface area contributed by atoms with E-state index in [1.807, 2.05) is 13.8 Å². The predicted molar refractivity (Wildman–Crippen MR) is 114 cm³/mol. The highest BCUT2D eigenvalue weighted by Crippen LogP contribution is 2.36. The van der Waals surface area contributed by atoms with Crippen molar-refractivity contribution in [2.75, 3.05) is 0 Å². The second-order valence-corrected chi connectivity index (χ2v) is 7.96. The third-order valence-corrected chi connectivity index (χ3v) is 5.89. The fourth-order valence-corrected chi connectivity index (χ4v) is 4.24. The number of nitrogens with zero attached hydrogens (tertiary/aromatic N) is 2. The SMILES string of the molecule is CC1CCCC(C)N1C(=O)OC(c1ccccc1)c1cc(CO)c(CO)cc1[N+](=O)[O-]. The summed E-state index contributed by atoms with van der Waals surface area (Å²) >= 11 is 0. The maximum atomic E-state index is 13.2. The minimum atomic E-state index is -1.03. The van der Waals surface area contributed by atoms with E-state index in [0.29, 0.717) is 11.1 Å². The molecule has 0 aliphatic carbocycles. The summed E-state index contributed by atoms with van der Waals surface area (Å²) in [5.41, 5.74) is 1.07. The highest BCUT2D eigenvalue weighted by atomic mass is 16.6. The van der Waals surface area contributed by atoms with Gasteiger partial charge in [0.1, 0.15) is 0 Å². The first-order valence-corrected chi connectivity index (χ1v) is 10.4. The normalized spacial score (nSPS) is 19.7. The number of carbonyl (C=O) groups is 1. The molecule has 0 bridgehead atoms. The van der Waals surface area contributed by atoms with Gasteiger partial charge in [-0.1, -0.05) is 30.3 Å². The Balaban J connectivity index is 2.08. The summed E-state index contributed by atoms with van der Waals surface area (Å²) in [5, 5.41) is 31.1. The van der Waals surface area contributed by atoms with Crippen LogP contribution in [-0.4, -0.2) is 38.2 Å². The van der Waals surface area contributed by atoms with Crippen LogP contribution in [0.4, 0.5) is 10.5 Å². The molecule has 0 aromatic heterocycles. The standard InChI is InChI=1S/C23H28N2O6/c1-15-7-6-8-16(2)24(15)23(28)31-22(17-9-4-3-5-10-17)20-11-18(13-26)19(14-27)12-21(20)25(29)30/h3-5,9-12,15-16,22,26-27H,6-8,13-14H2,1-2H3. The lowest BCUT2D eigenvalue weighted by atomic mass is 9.95. The van der Waals surface area contributed by atoms with Crippen LogP contribution in [0.1, 0.15) is 61.5 Å². The van der Waals surface area contributed by atoms with Crippen molar-refractivity contribution in [3.63, 3.8) is 0 Å². The first-order chi connectivity index (χ1) is 14.9. The number of hydrogen-bond donors (Lipinski definition) is 2. The number of carbonyl (C=O) groups excluding carboxylic acids is 1. The molecule has 8 heteroatoms. The van der Waals surface area contributed by atoms with Crippen LogP contribution in [0.2, 0.25) is 0 Å². The fraction of sp³-hybridized carbons (Fsp3) is 0.435. The van der Waals surface area contributed by atoms with Crippen molar-refractivity contribution in [2.45, 2.75) is 64.5 Å². The molecule has 1 amide bonds. The summed E-state index contributed by atoms with van der Waals surface area (Å²) < 4.78 is 5.91. The van der Waals surface area contributed by atoms with E-state index in [4.69, 9.17) is 4.74 Å². The number of nitro groups is 1. The highest BCUT2D eigenvalue weighted by molar-refractivity contribution is 5.70. The van der Waals surface area contributed by atoms with Crippen LogP contribution in [0.15, 0.2) is 42.5 Å². The van der Waals surface area contributed by atoms with E-state index in [1.165, 1.54) is 12.1 Å². The van der Waals surface area contributed by atoms with Crippen LogP contribution in [0.3, 0.4) is 0 Å². The molecule has 0 radical (unpaired) electrons. The van der Waals surface area contributed by atoms with Gasteiger partial charge >= 0.3 is 6.09 Å². The Morgan fingerprint density at radius 1 is 1.13 bits per heavy atom. The van der Waals surface area contributed by atoms with Gasteiger partial charge in [-0.3, -0.25) is 10.1 Å². The molecule has 3 unspecified atom stereocenters. The summed E-state index contributed by atoms with van der Waals surface area (Å²) in [6.45, 7) is 3.08. The van der Waals surface area contributed by atoms with E-state index in [9.17, 15) is 25.1 Å². The maximum Gasteiger partial charge on any atom is 0.411 e. The number of likely N-dealkylation sites (tertiary alicyclic amines) is 1. The first kappa shape index (κ1) is 22.7. The van der Waals surface area contributed by atoms with Crippen LogP contribution >= 0.6 is 0 Å². The lowest BCUT2D eigenvalue weighted by Gasteiger charge is -2.38. The molecule has 0 spiro atoms. The van der Waals surface area contributed by atoms with Crippen LogP contribution in [0, 0.1) is 10.1 Å². The van der Waals surface area contributed by atoms with Crippen molar-refractivity contribution in [3.05, 3.63) is 74.8 Å². The van der Waals surface area contributed by atoms with Gasteiger partial charge in [0.05, 0.1) is 23.7 Å². The Hall–Kier alpha value is -2.97. The van der Waals surface area contributed by atoms with Crippen molar-refractivity contribution in [1.82, 2.24) is 4.90 Å². The van der Waals surface area contributed by atoms with Gasteiger partial charge in [-0.2, -0.15) is 0 Å². The van der Waals surface area contributed by atoms with Crippen molar-refractivity contribution < 1.29 is 24.7 Å². The molecule has 2 N–H and O–H groups in total. The first-order valence-electron chi connectivity index (χ1n) is 10.4. The molecule has 1 heterocycles. The lowest BCUT2D eigenvalue weighted by Crippen LogP contribution is -2.48. The number of nitro benzene ring substituents is 1. The Morgan fingerprint density at radius 2 is 1.71 bits per heavy atom. The van der Waals surface area contributed by atoms with Gasteiger partial charge in [0.25, 0.3) is 5.69 Å². The van der Waals surface area contributed by atoms with Gasteiger partial charge in [0.2, 0.25) is 0 Å². The van der Waals surface area contributed by atoms with Crippen molar-refractivity contribution in [2.24, 2.45) is 0 Å². The van der Waals surface area contributed by atoms with Gasteiger partial charge in [-0.05, 0) is 55.9 Å². The van der Waals surface area contributed by atoms with E-state index in [-0.39, 0.29) is 28.9 Å². The van der Waals surface area contributed by atoms with Crippen molar-refractivity contribution >= 4 is 11.8 Å². The molecule has 3 rings (SSSR count). The van der Waals surface area contributed by atoms with E-state index >= 15 is 0 Å². The summed E-state index contributed by atoms with van der Waals surface area (Å²) in [6.07, 6.45) is 1.21. The summed E-state index contributed by atoms with van der Waals surface area (Å²) in [7, 11) is 0. The van der Waals surface area contributed by atoms with Crippen LogP contribution in [0.5, 0.6) is 0 Å². The van der Waals surface area contributed by atoms with E-state index in [0.717, 1.165) is 19.3 Å². The molecule has 1 aliphatic rings. The molecular weight excluding hydrogens is 400 g/mol. The molecule has 1 fully saturated rings. The maximum absolute atomic E-state index is 13.2. The van der Waals surface area contributed by atoms with Crippen molar-refractivity contribution in [3.8, 4) is 0 Å². The van der Waals surface area contributed by atoms with E-state index < -0.39 is 30.3 Å². The molecule has 3 atom stereocenters. The van der Waals surface area contributed by atoms with E-state index in [1.54, 1.807) is 35.2 Å². The van der Waals surface area contributed by atoms with Gasteiger partial charge in [-0.25, -0.2) is 4.79 Å². The number of amides is 1. The van der Waals surface area contributed by atoms with E-state index in [2.05, 4.69) is 0 Å². The predicted octanol–water partition coefficient (Wildman–Crippen LogP) is 4.07. The number of aliphatic hydroxyl groups is 2. The molecule has 2 aromatic rings. The minimum absolute atomic E-state index is 0.00688. The van der Waals surface area contributed by atoms with Crippen LogP contribution in [0.25, 0.3) is 0 Å².